The standard InChI is InChI=1S/C27H39ClF4N2O3S/c1-17(26-22(28)8-3-9-23(26)29)13-18-10-11-25-24(14-18)34(16-20(37-25)6-4-12-33)38(35,36)21-7-2-5-19(15-21)27(30,31)32/h13,18-26H,2-11,14-16H2,1H3/b17-13+/t18?,19?,20-,21?,22?,23?,24?,25?,26?/m0/s1. The third kappa shape index (κ3) is 6.70. The molecule has 9 atom stereocenters. The number of hydrogen-bond acceptors (Lipinski definition) is 4. The predicted octanol–water partition coefficient (Wildman–Crippen LogP) is 6.67. The SMILES string of the molecule is C/C(=C\C1CCC2O[C@@H](CCC#N)CN(S(=O)(=O)C3CCCC(C(F)(F)F)C3)C2C1)C1C(F)CCCC1Cl. The van der Waals surface area contributed by atoms with Crippen molar-refractivity contribution in [2.45, 2.75) is 125 Å². The number of morpholine rings is 1. The summed E-state index contributed by atoms with van der Waals surface area (Å²) in [6.07, 6.45) is 0.179. The van der Waals surface area contributed by atoms with Crippen LogP contribution in [0.3, 0.4) is 0 Å². The molecule has 0 N–H and O–H groups in total. The number of halogens is 5. The molecule has 3 saturated carbocycles. The number of ether oxygens (including phenoxy) is 1. The number of alkyl halides is 5. The highest BCUT2D eigenvalue weighted by Gasteiger charge is 2.51. The van der Waals surface area contributed by atoms with E-state index in [2.05, 4.69) is 6.07 Å². The lowest BCUT2D eigenvalue weighted by atomic mass is 9.77. The van der Waals surface area contributed by atoms with Crippen LogP contribution in [0.15, 0.2) is 11.6 Å². The van der Waals surface area contributed by atoms with Crippen LogP contribution in [-0.4, -0.2) is 60.5 Å². The summed E-state index contributed by atoms with van der Waals surface area (Å²) >= 11 is 6.48. The number of hydrogen-bond donors (Lipinski definition) is 0. The van der Waals surface area contributed by atoms with Crippen molar-refractivity contribution in [3.05, 3.63) is 11.6 Å². The van der Waals surface area contributed by atoms with Gasteiger partial charge >= 0.3 is 6.18 Å². The maximum absolute atomic E-state index is 14.7. The Labute approximate surface area is 229 Å². The fourth-order valence-electron chi connectivity index (χ4n) is 7.12. The van der Waals surface area contributed by atoms with Gasteiger partial charge in [0.1, 0.15) is 6.17 Å². The average molecular weight is 583 g/mol. The van der Waals surface area contributed by atoms with Crippen LogP contribution in [0.5, 0.6) is 0 Å². The fraction of sp³-hybridized carbons (Fsp3) is 0.889. The first-order chi connectivity index (χ1) is 17.9. The number of nitrogens with zero attached hydrogens (tertiary/aromatic N) is 2. The van der Waals surface area contributed by atoms with Gasteiger partial charge in [0, 0.05) is 24.3 Å². The minimum Gasteiger partial charge on any atom is -0.372 e. The zero-order valence-electron chi connectivity index (χ0n) is 21.9. The first-order valence-corrected chi connectivity index (χ1v) is 15.9. The predicted molar refractivity (Wildman–Crippen MR) is 138 cm³/mol. The first-order valence-electron chi connectivity index (χ1n) is 14.0. The first kappa shape index (κ1) is 30.1. The molecule has 0 aromatic heterocycles. The molecule has 0 aromatic rings. The maximum Gasteiger partial charge on any atom is 0.391 e. The van der Waals surface area contributed by atoms with Crippen LogP contribution in [0.1, 0.15) is 84.0 Å². The van der Waals surface area contributed by atoms with Crippen molar-refractivity contribution in [3.63, 3.8) is 0 Å². The summed E-state index contributed by atoms with van der Waals surface area (Å²) in [5, 5.41) is 7.69. The zero-order valence-corrected chi connectivity index (χ0v) is 23.5. The number of nitriles is 1. The molecule has 11 heteroatoms. The molecule has 0 radical (unpaired) electrons. The van der Waals surface area contributed by atoms with Crippen molar-refractivity contribution < 1.29 is 30.7 Å². The molecule has 0 amide bonds. The summed E-state index contributed by atoms with van der Waals surface area (Å²) in [6, 6.07) is 1.58. The van der Waals surface area contributed by atoms with Gasteiger partial charge in [-0.25, -0.2) is 12.8 Å². The molecule has 1 saturated heterocycles. The summed E-state index contributed by atoms with van der Waals surface area (Å²) in [5.41, 5.74) is 0.888. The molecule has 38 heavy (non-hydrogen) atoms. The highest BCUT2D eigenvalue weighted by atomic mass is 35.5. The lowest BCUT2D eigenvalue weighted by molar-refractivity contribution is -0.181. The highest BCUT2D eigenvalue weighted by Crippen LogP contribution is 2.44. The third-order valence-corrected chi connectivity index (χ3v) is 11.9. The molecule has 4 rings (SSSR count). The van der Waals surface area contributed by atoms with Gasteiger partial charge in [-0.3, -0.25) is 0 Å². The Kier molecular flexibility index (Phi) is 9.75. The van der Waals surface area contributed by atoms with E-state index in [9.17, 15) is 26.0 Å². The molecule has 4 aliphatic rings. The van der Waals surface area contributed by atoms with E-state index in [4.69, 9.17) is 21.6 Å². The van der Waals surface area contributed by atoms with E-state index >= 15 is 0 Å². The normalized spacial score (nSPS) is 39.8. The Balaban J connectivity index is 1.56. The van der Waals surface area contributed by atoms with Crippen molar-refractivity contribution in [1.29, 1.82) is 5.26 Å². The van der Waals surface area contributed by atoms with Crippen LogP contribution in [-0.2, 0) is 14.8 Å². The highest BCUT2D eigenvalue weighted by molar-refractivity contribution is 7.89. The Morgan fingerprint density at radius 2 is 1.87 bits per heavy atom. The molecule has 0 aromatic carbocycles. The van der Waals surface area contributed by atoms with Gasteiger partial charge in [-0.05, 0) is 77.0 Å². The van der Waals surface area contributed by atoms with E-state index in [0.717, 1.165) is 24.8 Å². The lowest BCUT2D eigenvalue weighted by Gasteiger charge is -2.49. The van der Waals surface area contributed by atoms with Crippen molar-refractivity contribution in [2.75, 3.05) is 6.54 Å². The topological polar surface area (TPSA) is 70.4 Å². The molecule has 0 bridgehead atoms. The Bertz CT molecular complexity index is 991. The fourth-order valence-corrected chi connectivity index (χ4v) is 9.93. The number of sulfonamides is 1. The summed E-state index contributed by atoms with van der Waals surface area (Å²) in [6.45, 7) is 1.94. The summed E-state index contributed by atoms with van der Waals surface area (Å²) in [5.74, 6) is -1.97. The van der Waals surface area contributed by atoms with Gasteiger partial charge in [0.15, 0.2) is 0 Å². The Morgan fingerprint density at radius 3 is 2.55 bits per heavy atom. The van der Waals surface area contributed by atoms with Crippen LogP contribution in [0, 0.1) is 29.1 Å². The second-order valence-corrected chi connectivity index (χ2v) is 14.4. The second kappa shape index (κ2) is 12.3. The van der Waals surface area contributed by atoms with Crippen LogP contribution in [0.4, 0.5) is 17.6 Å². The quantitative estimate of drug-likeness (QED) is 0.199. The van der Waals surface area contributed by atoms with Gasteiger partial charge in [0.2, 0.25) is 10.0 Å². The Morgan fingerprint density at radius 1 is 1.13 bits per heavy atom. The van der Waals surface area contributed by atoms with Gasteiger partial charge in [0.05, 0.1) is 35.5 Å². The minimum absolute atomic E-state index is 0.000445. The van der Waals surface area contributed by atoms with Crippen LogP contribution >= 0.6 is 11.6 Å². The largest absolute Gasteiger partial charge is 0.391 e. The van der Waals surface area contributed by atoms with E-state index in [1.807, 2.05) is 13.0 Å². The van der Waals surface area contributed by atoms with Gasteiger partial charge in [0.25, 0.3) is 0 Å². The Hall–Kier alpha value is -0.890. The second-order valence-electron chi connectivity index (χ2n) is 11.7. The number of allylic oxidation sites excluding steroid dienone is 2. The lowest BCUT2D eigenvalue weighted by Crippen LogP contribution is -2.60. The van der Waals surface area contributed by atoms with Gasteiger partial charge in [-0.15, -0.1) is 11.6 Å². The van der Waals surface area contributed by atoms with Gasteiger partial charge in [-0.1, -0.05) is 18.1 Å². The van der Waals surface area contributed by atoms with E-state index < -0.39 is 52.1 Å². The molecule has 0 spiro atoms. The molecular weight excluding hydrogens is 544 g/mol. The van der Waals surface area contributed by atoms with Gasteiger partial charge in [-0.2, -0.15) is 22.7 Å². The number of fused-ring (bicyclic) bond motifs is 1. The zero-order chi connectivity index (χ0) is 27.7. The summed E-state index contributed by atoms with van der Waals surface area (Å²) in [7, 11) is -4.03. The van der Waals surface area contributed by atoms with Crippen molar-refractivity contribution >= 4 is 21.6 Å². The van der Waals surface area contributed by atoms with Crippen LogP contribution in [0.2, 0.25) is 0 Å². The average Bonchev–Trinajstić information content (AvgIpc) is 2.86. The summed E-state index contributed by atoms with van der Waals surface area (Å²) < 4.78 is 90.7. The molecule has 216 valence electrons. The third-order valence-electron chi connectivity index (χ3n) is 9.09. The maximum atomic E-state index is 14.7. The van der Waals surface area contributed by atoms with Gasteiger partial charge < -0.3 is 4.74 Å². The van der Waals surface area contributed by atoms with Crippen LogP contribution < -0.4 is 0 Å². The van der Waals surface area contributed by atoms with E-state index in [1.165, 1.54) is 4.31 Å². The molecule has 1 aliphatic heterocycles. The van der Waals surface area contributed by atoms with Crippen molar-refractivity contribution in [3.8, 4) is 6.07 Å². The van der Waals surface area contributed by atoms with Crippen LogP contribution in [0.25, 0.3) is 0 Å². The molecule has 5 nitrogen and oxygen atoms in total. The van der Waals surface area contributed by atoms with Crippen molar-refractivity contribution in [1.82, 2.24) is 4.31 Å². The van der Waals surface area contributed by atoms with E-state index in [0.29, 0.717) is 25.7 Å². The molecule has 3 aliphatic carbocycles. The molecular formula is C27H39ClF4N2O3S. The molecule has 4 fully saturated rings. The number of rotatable bonds is 6. The molecule has 8 unspecified atom stereocenters. The minimum atomic E-state index is -4.41. The monoisotopic (exact) mass is 582 g/mol. The summed E-state index contributed by atoms with van der Waals surface area (Å²) in [4.78, 5) is 0. The van der Waals surface area contributed by atoms with Crippen molar-refractivity contribution in [2.24, 2.45) is 17.8 Å². The van der Waals surface area contributed by atoms with E-state index in [-0.39, 0.29) is 55.5 Å². The van der Waals surface area contributed by atoms with E-state index in [1.54, 1.807) is 0 Å². The molecule has 1 heterocycles. The smallest absolute Gasteiger partial charge is 0.372 e.